The molecule has 0 aliphatic carbocycles. The van der Waals surface area contributed by atoms with Crippen LogP contribution in [0.4, 0.5) is 5.69 Å². The van der Waals surface area contributed by atoms with Crippen LogP contribution in [0.15, 0.2) is 59.1 Å². The van der Waals surface area contributed by atoms with Crippen molar-refractivity contribution in [3.05, 3.63) is 70.2 Å². The monoisotopic (exact) mass is 315 g/mol. The van der Waals surface area contributed by atoms with E-state index in [1.54, 1.807) is 6.08 Å². The smallest absolute Gasteiger partial charge is 0.248 e. The Morgan fingerprint density at radius 1 is 1.16 bits per heavy atom. The molecule has 3 heteroatoms. The number of benzene rings is 2. The van der Waals surface area contributed by atoms with E-state index in [1.165, 1.54) is 6.08 Å². The number of carbonyl (C=O) groups excluding carboxylic acids is 1. The molecule has 0 fully saturated rings. The van der Waals surface area contributed by atoms with Gasteiger partial charge in [-0.15, -0.1) is 0 Å². The number of anilines is 1. The van der Waals surface area contributed by atoms with E-state index in [2.05, 4.69) is 21.2 Å². The molecule has 0 unspecified atom stereocenters. The van der Waals surface area contributed by atoms with Crippen LogP contribution in [-0.2, 0) is 4.79 Å². The minimum atomic E-state index is -0.131. The Morgan fingerprint density at radius 3 is 2.58 bits per heavy atom. The molecule has 0 aromatic heterocycles. The van der Waals surface area contributed by atoms with Crippen molar-refractivity contribution in [2.45, 2.75) is 6.92 Å². The first-order valence-corrected chi connectivity index (χ1v) is 6.74. The highest BCUT2D eigenvalue weighted by Gasteiger charge is 1.97. The van der Waals surface area contributed by atoms with Crippen LogP contribution in [0, 0.1) is 6.92 Å². The lowest BCUT2D eigenvalue weighted by Crippen LogP contribution is -2.07. The lowest BCUT2D eigenvalue weighted by Gasteiger charge is -2.02. The van der Waals surface area contributed by atoms with E-state index in [4.69, 9.17) is 0 Å². The average Bonchev–Trinajstić information content (AvgIpc) is 2.38. The van der Waals surface area contributed by atoms with E-state index in [1.807, 2.05) is 55.5 Å². The standard InChI is InChI=1S/C16H14BrNO/c1-12-3-2-4-15(11-12)18-16(19)10-7-13-5-8-14(17)9-6-13/h2-11H,1H3,(H,18,19)/b10-7+. The molecule has 0 aliphatic rings. The zero-order valence-electron chi connectivity index (χ0n) is 10.6. The number of rotatable bonds is 3. The maximum atomic E-state index is 11.8. The molecule has 2 nitrogen and oxygen atoms in total. The van der Waals surface area contributed by atoms with Gasteiger partial charge in [0.05, 0.1) is 0 Å². The third-order valence-corrected chi connectivity index (χ3v) is 3.11. The van der Waals surface area contributed by atoms with Crippen LogP contribution in [0.1, 0.15) is 11.1 Å². The zero-order chi connectivity index (χ0) is 13.7. The van der Waals surface area contributed by atoms with Gasteiger partial charge in [-0.05, 0) is 48.4 Å². The zero-order valence-corrected chi connectivity index (χ0v) is 12.1. The average molecular weight is 316 g/mol. The fraction of sp³-hybridized carbons (Fsp3) is 0.0625. The first-order chi connectivity index (χ1) is 9.13. The van der Waals surface area contributed by atoms with Gasteiger partial charge in [0.25, 0.3) is 0 Å². The summed E-state index contributed by atoms with van der Waals surface area (Å²) in [5.74, 6) is -0.131. The highest BCUT2D eigenvalue weighted by molar-refractivity contribution is 9.10. The van der Waals surface area contributed by atoms with Crippen molar-refractivity contribution in [2.24, 2.45) is 0 Å². The third-order valence-electron chi connectivity index (χ3n) is 2.58. The fourth-order valence-electron chi connectivity index (χ4n) is 1.65. The molecule has 0 heterocycles. The van der Waals surface area contributed by atoms with Crippen LogP contribution < -0.4 is 5.32 Å². The minimum Gasteiger partial charge on any atom is -0.323 e. The van der Waals surface area contributed by atoms with E-state index in [-0.39, 0.29) is 5.91 Å². The maximum absolute atomic E-state index is 11.8. The van der Waals surface area contributed by atoms with E-state index in [9.17, 15) is 4.79 Å². The number of nitrogens with one attached hydrogen (secondary N) is 1. The quantitative estimate of drug-likeness (QED) is 0.835. The van der Waals surface area contributed by atoms with Crippen LogP contribution in [-0.4, -0.2) is 5.91 Å². The van der Waals surface area contributed by atoms with Gasteiger partial charge in [0, 0.05) is 16.2 Å². The van der Waals surface area contributed by atoms with Crippen LogP contribution in [0.3, 0.4) is 0 Å². The molecule has 19 heavy (non-hydrogen) atoms. The summed E-state index contributed by atoms with van der Waals surface area (Å²) in [6, 6.07) is 15.5. The second-order valence-electron chi connectivity index (χ2n) is 4.24. The fourth-order valence-corrected chi connectivity index (χ4v) is 1.92. The molecule has 2 aromatic rings. The van der Waals surface area contributed by atoms with Crippen LogP contribution in [0.2, 0.25) is 0 Å². The van der Waals surface area contributed by atoms with E-state index >= 15 is 0 Å². The molecule has 0 radical (unpaired) electrons. The molecule has 2 rings (SSSR count). The summed E-state index contributed by atoms with van der Waals surface area (Å²) < 4.78 is 1.02. The molecule has 0 saturated heterocycles. The topological polar surface area (TPSA) is 29.1 Å². The summed E-state index contributed by atoms with van der Waals surface area (Å²) >= 11 is 3.37. The van der Waals surface area contributed by atoms with Crippen molar-refractivity contribution in [1.82, 2.24) is 0 Å². The Labute approximate surface area is 121 Å². The summed E-state index contributed by atoms with van der Waals surface area (Å²) in [4.78, 5) is 11.8. The van der Waals surface area contributed by atoms with Crippen LogP contribution >= 0.6 is 15.9 Å². The Kier molecular flexibility index (Phi) is 4.53. The highest BCUT2D eigenvalue weighted by atomic mass is 79.9. The maximum Gasteiger partial charge on any atom is 0.248 e. The Hall–Kier alpha value is -1.87. The Morgan fingerprint density at radius 2 is 1.89 bits per heavy atom. The van der Waals surface area contributed by atoms with E-state index < -0.39 is 0 Å². The molecule has 1 N–H and O–H groups in total. The van der Waals surface area contributed by atoms with E-state index in [0.29, 0.717) is 0 Å². The summed E-state index contributed by atoms with van der Waals surface area (Å²) in [6.45, 7) is 1.99. The molecule has 0 bridgehead atoms. The van der Waals surface area contributed by atoms with Gasteiger partial charge in [-0.25, -0.2) is 0 Å². The lowest BCUT2D eigenvalue weighted by molar-refractivity contribution is -0.111. The van der Waals surface area contributed by atoms with Gasteiger partial charge < -0.3 is 5.32 Å². The number of carbonyl (C=O) groups is 1. The van der Waals surface area contributed by atoms with Crippen LogP contribution in [0.5, 0.6) is 0 Å². The third kappa shape index (κ3) is 4.38. The van der Waals surface area contributed by atoms with Crippen molar-refractivity contribution in [2.75, 3.05) is 5.32 Å². The molecule has 2 aromatic carbocycles. The van der Waals surface area contributed by atoms with Crippen molar-refractivity contribution >= 4 is 33.6 Å². The van der Waals surface area contributed by atoms with Gasteiger partial charge in [0.2, 0.25) is 5.91 Å². The molecule has 1 amide bonds. The first-order valence-electron chi connectivity index (χ1n) is 5.95. The largest absolute Gasteiger partial charge is 0.323 e. The van der Waals surface area contributed by atoms with Crippen molar-refractivity contribution in [1.29, 1.82) is 0 Å². The molecular weight excluding hydrogens is 302 g/mol. The summed E-state index contributed by atoms with van der Waals surface area (Å²) in [5, 5.41) is 2.83. The molecular formula is C16H14BrNO. The van der Waals surface area contributed by atoms with E-state index in [0.717, 1.165) is 21.3 Å². The lowest BCUT2D eigenvalue weighted by atomic mass is 10.2. The number of halogens is 1. The number of amides is 1. The van der Waals surface area contributed by atoms with Crippen LogP contribution in [0.25, 0.3) is 6.08 Å². The first kappa shape index (κ1) is 13.6. The Balaban J connectivity index is 1.99. The normalized spacial score (nSPS) is 10.6. The minimum absolute atomic E-state index is 0.131. The SMILES string of the molecule is Cc1cccc(NC(=O)/C=C/c2ccc(Br)cc2)c1. The van der Waals surface area contributed by atoms with Gasteiger partial charge in [0.1, 0.15) is 0 Å². The highest BCUT2D eigenvalue weighted by Crippen LogP contribution is 2.12. The number of hydrogen-bond acceptors (Lipinski definition) is 1. The van der Waals surface area contributed by atoms with Crippen molar-refractivity contribution in [3.8, 4) is 0 Å². The van der Waals surface area contributed by atoms with Crippen molar-refractivity contribution < 1.29 is 4.79 Å². The van der Waals surface area contributed by atoms with Gasteiger partial charge >= 0.3 is 0 Å². The predicted molar refractivity (Wildman–Crippen MR) is 83.0 cm³/mol. The van der Waals surface area contributed by atoms with Gasteiger partial charge in [-0.3, -0.25) is 4.79 Å². The number of aryl methyl sites for hydroxylation is 1. The molecule has 0 atom stereocenters. The summed E-state index contributed by atoms with van der Waals surface area (Å²) in [7, 11) is 0. The second-order valence-corrected chi connectivity index (χ2v) is 5.16. The molecule has 0 aliphatic heterocycles. The van der Waals surface area contributed by atoms with Gasteiger partial charge in [-0.1, -0.05) is 40.2 Å². The number of hydrogen-bond donors (Lipinski definition) is 1. The summed E-state index contributed by atoms with van der Waals surface area (Å²) in [6.07, 6.45) is 3.32. The second kappa shape index (κ2) is 6.34. The molecule has 96 valence electrons. The summed E-state index contributed by atoms with van der Waals surface area (Å²) in [5.41, 5.74) is 2.92. The molecule has 0 spiro atoms. The van der Waals surface area contributed by atoms with Gasteiger partial charge in [-0.2, -0.15) is 0 Å². The predicted octanol–water partition coefficient (Wildman–Crippen LogP) is 4.41. The van der Waals surface area contributed by atoms with Gasteiger partial charge in [0.15, 0.2) is 0 Å². The van der Waals surface area contributed by atoms with Crippen molar-refractivity contribution in [3.63, 3.8) is 0 Å². The molecule has 0 saturated carbocycles. The Bertz CT molecular complexity index is 602.